The number of amides is 2. The highest BCUT2D eigenvalue weighted by molar-refractivity contribution is 5.96. The second-order valence-corrected chi connectivity index (χ2v) is 11.9. The van der Waals surface area contributed by atoms with E-state index in [1.165, 1.54) is 12.1 Å². The van der Waals surface area contributed by atoms with Crippen LogP contribution in [0.2, 0.25) is 0 Å². The Labute approximate surface area is 286 Å². The number of aliphatic hydroxyl groups is 1. The van der Waals surface area contributed by atoms with Gasteiger partial charge in [0.1, 0.15) is 31.6 Å². The number of nitrogens with one attached hydrogen (secondary N) is 2. The van der Waals surface area contributed by atoms with Crippen molar-refractivity contribution in [1.29, 1.82) is 0 Å². The lowest BCUT2D eigenvalue weighted by molar-refractivity contribution is -0.384. The van der Waals surface area contributed by atoms with Crippen LogP contribution in [0.3, 0.4) is 0 Å². The lowest BCUT2D eigenvalue weighted by Gasteiger charge is -2.21. The molecule has 0 bridgehead atoms. The Bertz CT molecular complexity index is 1610. The Balaban J connectivity index is 1.76. The molecule has 1 atom stereocenters. The number of aliphatic hydroxyl groups excluding tert-OH is 1. The smallest absolute Gasteiger partial charge is 0.408 e. The number of alkyl carbamates (subject to hydrolysis) is 1. The number of terminal acetylenes is 1. The highest BCUT2D eigenvalue weighted by Crippen LogP contribution is 2.29. The SMILES string of the molecule is C#CCCCCC(=O)OCc1cc(C)cc(COC(=O)N[C@@H](CC(C)C)C(=O)Nc2ccc(CO)cc2)c1OCc1ccc([N+](=O)[O-])cc1. The van der Waals surface area contributed by atoms with E-state index >= 15 is 0 Å². The van der Waals surface area contributed by atoms with E-state index in [4.69, 9.17) is 20.6 Å². The molecule has 2 amide bonds. The topological polar surface area (TPSA) is 166 Å². The van der Waals surface area contributed by atoms with Crippen LogP contribution in [0.1, 0.15) is 73.8 Å². The summed E-state index contributed by atoms with van der Waals surface area (Å²) in [4.78, 5) is 49.2. The van der Waals surface area contributed by atoms with Gasteiger partial charge in [0.15, 0.2) is 0 Å². The Morgan fingerprint density at radius 3 is 2.16 bits per heavy atom. The number of unbranched alkanes of at least 4 members (excludes halogenated alkanes) is 2. The first-order valence-corrected chi connectivity index (χ1v) is 16.0. The third kappa shape index (κ3) is 13.0. The molecule has 12 heteroatoms. The van der Waals surface area contributed by atoms with Gasteiger partial charge in [-0.1, -0.05) is 31.5 Å². The molecule has 0 aromatic heterocycles. The summed E-state index contributed by atoms with van der Waals surface area (Å²) in [7, 11) is 0. The largest absolute Gasteiger partial charge is 0.488 e. The van der Waals surface area contributed by atoms with Gasteiger partial charge < -0.3 is 30.0 Å². The van der Waals surface area contributed by atoms with Crippen molar-refractivity contribution in [1.82, 2.24) is 5.32 Å². The highest BCUT2D eigenvalue weighted by Gasteiger charge is 2.24. The maximum atomic E-state index is 13.1. The van der Waals surface area contributed by atoms with Crippen molar-refractivity contribution in [2.45, 2.75) is 85.3 Å². The number of hydrogen-bond acceptors (Lipinski definition) is 9. The first-order chi connectivity index (χ1) is 23.5. The van der Waals surface area contributed by atoms with Gasteiger partial charge in [-0.3, -0.25) is 19.7 Å². The van der Waals surface area contributed by atoms with Gasteiger partial charge in [0.25, 0.3) is 5.69 Å². The van der Waals surface area contributed by atoms with Crippen molar-refractivity contribution in [2.24, 2.45) is 5.92 Å². The molecule has 0 aliphatic carbocycles. The van der Waals surface area contributed by atoms with E-state index in [1.807, 2.05) is 20.8 Å². The van der Waals surface area contributed by atoms with E-state index in [2.05, 4.69) is 16.6 Å². The number of nitro benzene ring substituents is 1. The summed E-state index contributed by atoms with van der Waals surface area (Å²) in [6, 6.07) is 15.3. The molecule has 12 nitrogen and oxygen atoms in total. The van der Waals surface area contributed by atoms with Crippen LogP contribution in [-0.2, 0) is 45.5 Å². The van der Waals surface area contributed by atoms with E-state index in [-0.39, 0.29) is 44.5 Å². The van der Waals surface area contributed by atoms with E-state index in [1.54, 1.807) is 48.5 Å². The number of anilines is 1. The lowest BCUT2D eigenvalue weighted by Crippen LogP contribution is -2.44. The zero-order chi connectivity index (χ0) is 35.8. The molecule has 49 heavy (non-hydrogen) atoms. The van der Waals surface area contributed by atoms with E-state index in [0.29, 0.717) is 59.4 Å². The number of non-ortho nitro benzene ring substituents is 1. The fourth-order valence-electron chi connectivity index (χ4n) is 4.88. The monoisotopic (exact) mass is 673 g/mol. The molecule has 260 valence electrons. The van der Waals surface area contributed by atoms with Gasteiger partial charge in [0.2, 0.25) is 5.91 Å². The molecule has 0 aliphatic rings. The number of esters is 1. The van der Waals surface area contributed by atoms with Gasteiger partial charge >= 0.3 is 12.1 Å². The molecule has 0 fully saturated rings. The molecule has 0 aliphatic heterocycles. The number of rotatable bonds is 18. The van der Waals surface area contributed by atoms with Gasteiger partial charge in [0.05, 0.1) is 11.5 Å². The maximum absolute atomic E-state index is 13.1. The summed E-state index contributed by atoms with van der Waals surface area (Å²) in [5.41, 5.74) is 3.64. The van der Waals surface area contributed by atoms with Crippen LogP contribution in [0.15, 0.2) is 60.7 Å². The van der Waals surface area contributed by atoms with Crippen molar-refractivity contribution >= 4 is 29.3 Å². The Morgan fingerprint density at radius 1 is 0.939 bits per heavy atom. The molecule has 0 heterocycles. The number of hydrogen-bond donors (Lipinski definition) is 3. The average molecular weight is 674 g/mol. The van der Waals surface area contributed by atoms with Crippen LogP contribution in [-0.4, -0.2) is 34.0 Å². The molecule has 0 radical (unpaired) electrons. The Morgan fingerprint density at radius 2 is 1.57 bits per heavy atom. The third-order valence-corrected chi connectivity index (χ3v) is 7.34. The second-order valence-electron chi connectivity index (χ2n) is 11.9. The normalized spacial score (nSPS) is 11.3. The van der Waals surface area contributed by atoms with Crippen LogP contribution < -0.4 is 15.4 Å². The number of aryl methyl sites for hydroxylation is 1. The number of benzene rings is 3. The number of carbonyl (C=O) groups is 3. The lowest BCUT2D eigenvalue weighted by atomic mass is 10.0. The first kappa shape index (κ1) is 38.0. The number of nitro groups is 1. The molecule has 0 spiro atoms. The Kier molecular flexibility index (Phi) is 15.1. The standard InChI is InChI=1S/C37H43N3O9/c1-5-6-7-8-9-34(42)47-23-29-19-26(4)20-30(35(29)48-22-28-12-16-32(17-13-28)40(45)46)24-49-37(44)39-33(18-25(2)3)36(43)38-31-14-10-27(21-41)11-15-31/h1,10-17,19-20,25,33,41H,6-9,18,21-24H2,2-4H3,(H,38,43)(H,39,44)/t33-/m0/s1. The van der Waals surface area contributed by atoms with Crippen molar-refractivity contribution in [3.63, 3.8) is 0 Å². The summed E-state index contributed by atoms with van der Waals surface area (Å²) in [6.07, 6.45) is 6.90. The number of ether oxygens (including phenoxy) is 3. The molecular formula is C37H43N3O9. The van der Waals surface area contributed by atoms with Crippen LogP contribution >= 0.6 is 0 Å². The quantitative estimate of drug-likeness (QED) is 0.0450. The van der Waals surface area contributed by atoms with E-state index in [9.17, 15) is 29.6 Å². The minimum Gasteiger partial charge on any atom is -0.488 e. The van der Waals surface area contributed by atoms with Crippen LogP contribution in [0, 0.1) is 35.3 Å². The van der Waals surface area contributed by atoms with Gasteiger partial charge in [-0.05, 0) is 79.6 Å². The minimum absolute atomic E-state index is 0.0310. The van der Waals surface area contributed by atoms with Crippen LogP contribution in [0.25, 0.3) is 0 Å². The zero-order valence-corrected chi connectivity index (χ0v) is 28.0. The predicted octanol–water partition coefficient (Wildman–Crippen LogP) is 6.49. The molecular weight excluding hydrogens is 630 g/mol. The summed E-state index contributed by atoms with van der Waals surface area (Å²) >= 11 is 0. The zero-order valence-electron chi connectivity index (χ0n) is 28.0. The highest BCUT2D eigenvalue weighted by atomic mass is 16.6. The molecule has 3 aromatic carbocycles. The predicted molar refractivity (Wildman–Crippen MR) is 183 cm³/mol. The molecule has 3 aromatic rings. The minimum atomic E-state index is -0.893. The van der Waals surface area contributed by atoms with Gasteiger partial charge in [-0.15, -0.1) is 12.3 Å². The second kappa shape index (κ2) is 19.4. The average Bonchev–Trinajstić information content (AvgIpc) is 3.07. The van der Waals surface area contributed by atoms with Gasteiger partial charge in [0, 0.05) is 41.8 Å². The summed E-state index contributed by atoms with van der Waals surface area (Å²) < 4.78 is 17.3. The fourth-order valence-corrected chi connectivity index (χ4v) is 4.88. The van der Waals surface area contributed by atoms with Crippen molar-refractivity contribution < 1.29 is 38.6 Å². The number of carbonyl (C=O) groups excluding carboxylic acids is 3. The molecule has 0 unspecified atom stereocenters. The molecule has 3 rings (SSSR count). The van der Waals surface area contributed by atoms with Crippen LogP contribution in [0.5, 0.6) is 5.75 Å². The third-order valence-electron chi connectivity index (χ3n) is 7.34. The summed E-state index contributed by atoms with van der Waals surface area (Å²) in [6.45, 7) is 5.28. The fraction of sp³-hybridized carbons (Fsp3) is 0.378. The Hall–Kier alpha value is -5.41. The summed E-state index contributed by atoms with van der Waals surface area (Å²) in [5.74, 6) is 2.14. The van der Waals surface area contributed by atoms with Gasteiger partial charge in [-0.25, -0.2) is 4.79 Å². The molecule has 3 N–H and O–H groups in total. The van der Waals surface area contributed by atoms with E-state index in [0.717, 1.165) is 5.56 Å². The number of nitrogens with zero attached hydrogens (tertiary/aromatic N) is 1. The van der Waals surface area contributed by atoms with Crippen molar-refractivity contribution in [3.05, 3.63) is 98.6 Å². The maximum Gasteiger partial charge on any atom is 0.408 e. The first-order valence-electron chi connectivity index (χ1n) is 16.0. The van der Waals surface area contributed by atoms with Crippen molar-refractivity contribution in [3.8, 4) is 18.1 Å². The summed E-state index contributed by atoms with van der Waals surface area (Å²) in [5, 5.41) is 25.8. The van der Waals surface area contributed by atoms with E-state index < -0.39 is 28.9 Å². The van der Waals surface area contributed by atoms with Crippen molar-refractivity contribution in [2.75, 3.05) is 5.32 Å². The molecule has 0 saturated carbocycles. The molecule has 0 saturated heterocycles. The van der Waals surface area contributed by atoms with Crippen LogP contribution in [0.4, 0.5) is 16.2 Å². The van der Waals surface area contributed by atoms with Gasteiger partial charge in [-0.2, -0.15) is 0 Å².